The van der Waals surface area contributed by atoms with Crippen LogP contribution in [0.1, 0.15) is 41.4 Å². The maximum absolute atomic E-state index is 15.1. The Morgan fingerprint density at radius 2 is 0.937 bits per heavy atom. The SMILES string of the molecule is CS(=O)CC(=O)N1CCN(c2ccc(N3C[C@H](CN4C(=O)c5ccccc5C4=O)OC3=O)cc2F)CC1.CSCC(=O)N1CCN(c2ccc(N3C[C@H](CN4C(=O)c5ccccc5C4=O)OC3=O)cc2F)CC1.[Na+].[O-][I+3]([O-])([O-])[O-]. The Hall–Kier alpha value is -5.83. The van der Waals surface area contributed by atoms with Crippen LogP contribution in [-0.4, -0.2) is 186 Å². The minimum Gasteiger partial charge on any atom is -0.442 e. The van der Waals surface area contributed by atoms with E-state index in [2.05, 4.69) is 0 Å². The number of cyclic esters (lactones) is 2. The predicted molar refractivity (Wildman–Crippen MR) is 267 cm³/mol. The maximum atomic E-state index is 15.1. The summed E-state index contributed by atoms with van der Waals surface area (Å²) in [6, 6.07) is 22.1. The Bertz CT molecular complexity index is 2980. The summed E-state index contributed by atoms with van der Waals surface area (Å²) < 4.78 is 86.7. The Morgan fingerprint density at radius 3 is 1.25 bits per heavy atom. The predicted octanol–water partition coefficient (Wildman–Crippen LogP) is -6.82. The van der Waals surface area contributed by atoms with Crippen molar-refractivity contribution < 1.29 is 124 Å². The second-order valence-corrected chi connectivity index (χ2v) is 22.8. The van der Waals surface area contributed by atoms with Crippen LogP contribution in [0, 0.1) is 11.6 Å². The molecule has 4 aromatic carbocycles. The second kappa shape index (κ2) is 26.2. The van der Waals surface area contributed by atoms with Gasteiger partial charge < -0.3 is 29.1 Å². The number of hydrogen-bond donors (Lipinski definition) is 0. The Labute approximate surface area is 486 Å². The number of ether oxygens (including phenoxy) is 2. The van der Waals surface area contributed by atoms with Crippen molar-refractivity contribution in [3.05, 3.63) is 119 Å². The van der Waals surface area contributed by atoms with E-state index in [1.807, 2.05) is 16.1 Å². The van der Waals surface area contributed by atoms with Gasteiger partial charge in [-0.2, -0.15) is 11.8 Å². The minimum atomic E-state index is -5.94. The van der Waals surface area contributed by atoms with Crippen LogP contribution in [0.4, 0.5) is 41.1 Å². The molecule has 6 heterocycles. The molecule has 79 heavy (non-hydrogen) atoms. The Morgan fingerprint density at radius 1 is 0.595 bits per heavy atom. The van der Waals surface area contributed by atoms with Gasteiger partial charge in [-0.15, -0.1) is 0 Å². The van der Waals surface area contributed by atoms with Gasteiger partial charge in [0.25, 0.3) is 23.6 Å². The van der Waals surface area contributed by atoms with Gasteiger partial charge in [0.05, 0.1) is 76.9 Å². The van der Waals surface area contributed by atoms with Crippen molar-refractivity contribution in [1.29, 1.82) is 0 Å². The van der Waals surface area contributed by atoms with E-state index in [1.54, 1.807) is 82.6 Å². The molecule has 10 rings (SSSR count). The summed E-state index contributed by atoms with van der Waals surface area (Å²) in [7, 11) is -1.21. The molecule has 8 amide bonds. The van der Waals surface area contributed by atoms with Gasteiger partial charge in [-0.1, -0.05) is 24.3 Å². The topological polar surface area (TPSA) is 290 Å². The molecular formula is C50H50F2IN8NaO15S2. The third-order valence-electron chi connectivity index (χ3n) is 13.3. The zero-order chi connectivity index (χ0) is 56.2. The number of piperazine rings is 2. The molecule has 3 atom stereocenters. The van der Waals surface area contributed by atoms with E-state index < -0.39 is 90.6 Å². The molecule has 4 fully saturated rings. The molecule has 6 aliphatic heterocycles. The fourth-order valence-corrected chi connectivity index (χ4v) is 10.5. The molecule has 1 unspecified atom stereocenters. The first-order valence-corrected chi connectivity index (χ1v) is 30.7. The zero-order valence-electron chi connectivity index (χ0n) is 42.8. The molecule has 4 saturated heterocycles. The van der Waals surface area contributed by atoms with Crippen molar-refractivity contribution >= 4 is 92.9 Å². The summed E-state index contributed by atoms with van der Waals surface area (Å²) in [5.41, 5.74) is 2.69. The van der Waals surface area contributed by atoms with Crippen molar-refractivity contribution in [1.82, 2.24) is 19.6 Å². The number of rotatable bonds is 12. The van der Waals surface area contributed by atoms with Crippen LogP contribution in [0.3, 0.4) is 0 Å². The number of carbonyl (C=O) groups excluding carboxylic acids is 8. The van der Waals surface area contributed by atoms with Gasteiger partial charge in [0, 0.05) is 69.4 Å². The molecule has 0 aliphatic carbocycles. The van der Waals surface area contributed by atoms with E-state index >= 15 is 8.78 Å². The first kappa shape index (κ1) is 60.8. The van der Waals surface area contributed by atoms with Gasteiger partial charge in [-0.25, -0.2) is 18.4 Å². The fourth-order valence-electron chi connectivity index (χ4n) is 9.59. The summed E-state index contributed by atoms with van der Waals surface area (Å²) in [6.45, 7) is 3.71. The van der Waals surface area contributed by atoms with Crippen LogP contribution in [0.2, 0.25) is 0 Å². The van der Waals surface area contributed by atoms with Crippen LogP contribution in [0.15, 0.2) is 84.9 Å². The van der Waals surface area contributed by atoms with Gasteiger partial charge in [-0.3, -0.25) is 66.3 Å². The molecular weight excluding hydrogens is 1200 g/mol. The van der Waals surface area contributed by atoms with Crippen LogP contribution >= 0.6 is 11.8 Å². The van der Waals surface area contributed by atoms with Gasteiger partial charge in [0.1, 0.15) is 49.7 Å². The molecule has 0 radical (unpaired) electrons. The van der Waals surface area contributed by atoms with Crippen molar-refractivity contribution in [2.45, 2.75) is 12.2 Å². The van der Waals surface area contributed by atoms with Gasteiger partial charge in [0.15, 0.2) is 0 Å². The molecule has 414 valence electrons. The van der Waals surface area contributed by atoms with E-state index in [1.165, 1.54) is 40.0 Å². The molecule has 4 aromatic rings. The van der Waals surface area contributed by atoms with Gasteiger partial charge in [0.2, 0.25) is 11.8 Å². The number of halogens is 3. The third kappa shape index (κ3) is 14.4. The second-order valence-electron chi connectivity index (χ2n) is 18.3. The quantitative estimate of drug-likeness (QED) is 0.0724. The van der Waals surface area contributed by atoms with E-state index in [0.29, 0.717) is 103 Å². The standard InChI is InChI=1S/C25H25FN4O6S.C25H25FN4O5S.IO4.Na/c1-37(35)15-22(31)28-10-8-27(9-11-28)21-7-6-16(12-20(21)26)29-13-17(36-25(29)34)14-30-23(32)18-4-2-3-5-19(18)24(30)33;1-36-15-22(31)28-10-8-27(9-11-28)21-7-6-16(12-20(21)26)29-13-17(35-25(29)34)14-30-23(32)18-4-2-3-5-19(18)24(30)33;2-1(3,4)5;/h2-7,12,17H,8-11,13-15H2,1H3;2-7,12,17H,8-11,13-15H2,1H3;;/q;;-1;+1/t17-,37?;17-;;/m11../s1. The molecule has 29 heteroatoms. The van der Waals surface area contributed by atoms with E-state index in [-0.39, 0.29) is 73.3 Å². The van der Waals surface area contributed by atoms with Crippen molar-refractivity contribution in [2.24, 2.45) is 0 Å². The Balaban J connectivity index is 0.000000208. The average molecular weight is 1260 g/mol. The molecule has 0 bridgehead atoms. The first-order valence-electron chi connectivity index (χ1n) is 24.0. The molecule has 6 aliphatic rings. The van der Waals surface area contributed by atoms with Crippen LogP contribution < -0.4 is 83.0 Å². The maximum Gasteiger partial charge on any atom is 1.00 e. The van der Waals surface area contributed by atoms with Crippen LogP contribution in [-0.2, 0) is 29.9 Å². The third-order valence-corrected chi connectivity index (χ3v) is 14.5. The summed E-state index contributed by atoms with van der Waals surface area (Å²) in [6.07, 6.45) is 0.538. The number of imide groups is 2. The minimum absolute atomic E-state index is 0. The fraction of sp³-hybridized carbons (Fsp3) is 0.360. The van der Waals surface area contributed by atoms with Crippen molar-refractivity contribution in [3.8, 4) is 0 Å². The molecule has 23 nitrogen and oxygen atoms in total. The molecule has 0 spiro atoms. The smallest absolute Gasteiger partial charge is 0.442 e. The molecule has 0 N–H and O–H groups in total. The number of hydrogen-bond acceptors (Lipinski definition) is 18. The molecule has 0 saturated carbocycles. The van der Waals surface area contributed by atoms with Gasteiger partial charge >= 0.3 is 41.7 Å². The largest absolute Gasteiger partial charge is 1.00 e. The van der Waals surface area contributed by atoms with Crippen LogP contribution in [0.5, 0.6) is 0 Å². The number of anilines is 4. The monoisotopic (exact) mass is 1250 g/mol. The Kier molecular flexibility index (Phi) is 20.1. The summed E-state index contributed by atoms with van der Waals surface area (Å²) >= 11 is -4.46. The van der Waals surface area contributed by atoms with E-state index in [9.17, 15) is 42.6 Å². The number of thioether (sulfide) groups is 1. The normalized spacial score (nSPS) is 19.3. The number of carbonyl (C=O) groups is 8. The van der Waals surface area contributed by atoms with Gasteiger partial charge in [-0.05, 0) is 66.9 Å². The number of nitrogens with zero attached hydrogens (tertiary/aromatic N) is 8. The summed E-state index contributed by atoms with van der Waals surface area (Å²) in [5.74, 6) is -2.40. The zero-order valence-corrected chi connectivity index (χ0v) is 48.6. The number of fused-ring (bicyclic) bond motifs is 2. The summed E-state index contributed by atoms with van der Waals surface area (Å²) in [4.78, 5) is 112. The van der Waals surface area contributed by atoms with Crippen molar-refractivity contribution in [3.63, 3.8) is 0 Å². The summed E-state index contributed by atoms with van der Waals surface area (Å²) in [5, 5.41) is 0. The first-order chi connectivity index (χ1) is 37.1. The average Bonchev–Trinajstić information content (AvgIpc) is 4.16. The van der Waals surface area contributed by atoms with Crippen molar-refractivity contribution in [2.75, 3.05) is 122 Å². The molecule has 0 aromatic heterocycles. The van der Waals surface area contributed by atoms with Crippen LogP contribution in [0.25, 0.3) is 0 Å². The van der Waals surface area contributed by atoms with E-state index in [0.717, 1.165) is 9.80 Å². The van der Waals surface area contributed by atoms with E-state index in [4.69, 9.17) is 23.2 Å². The number of benzene rings is 4. The number of amides is 8.